The highest BCUT2D eigenvalue weighted by molar-refractivity contribution is 5.95. The summed E-state index contributed by atoms with van der Waals surface area (Å²) < 4.78 is 5.30. The minimum atomic E-state index is -1.27. The van der Waals surface area contributed by atoms with Crippen LogP contribution in [0.15, 0.2) is 24.3 Å². The fraction of sp³-hybridized carbons (Fsp3) is 0.615. The summed E-state index contributed by atoms with van der Waals surface area (Å²) in [7, 11) is 0. The highest BCUT2D eigenvalue weighted by atomic mass is 16.6. The van der Waals surface area contributed by atoms with E-state index < -0.39 is 47.6 Å². The molecule has 2 unspecified atom stereocenters. The second kappa shape index (κ2) is 11.1. The van der Waals surface area contributed by atoms with Crippen molar-refractivity contribution in [3.63, 3.8) is 0 Å². The van der Waals surface area contributed by atoms with Crippen molar-refractivity contribution in [2.45, 2.75) is 103 Å². The van der Waals surface area contributed by atoms with Crippen LogP contribution in [0.4, 0.5) is 4.79 Å². The first kappa shape index (κ1) is 28.1. The van der Waals surface area contributed by atoms with Gasteiger partial charge in [-0.1, -0.05) is 29.8 Å². The second-order valence-electron chi connectivity index (χ2n) is 11.3. The van der Waals surface area contributed by atoms with Gasteiger partial charge in [0.05, 0.1) is 6.42 Å². The number of hydrogen-bond donors (Lipinski definition) is 3. The molecule has 4 N–H and O–H groups in total. The summed E-state index contributed by atoms with van der Waals surface area (Å²) in [5.41, 5.74) is 5.69. The van der Waals surface area contributed by atoms with Crippen LogP contribution in [0.5, 0.6) is 0 Å². The first-order valence-corrected chi connectivity index (χ1v) is 12.1. The third-order valence-corrected chi connectivity index (χ3v) is 5.50. The lowest BCUT2D eigenvalue weighted by molar-refractivity contribution is -0.148. The van der Waals surface area contributed by atoms with E-state index in [4.69, 9.17) is 10.5 Å². The molecule has 35 heavy (non-hydrogen) atoms. The van der Waals surface area contributed by atoms with Gasteiger partial charge in [-0.25, -0.2) is 4.79 Å². The van der Waals surface area contributed by atoms with Crippen LogP contribution in [0.1, 0.15) is 84.4 Å². The van der Waals surface area contributed by atoms with Crippen LogP contribution in [0.3, 0.4) is 0 Å². The van der Waals surface area contributed by atoms with Crippen LogP contribution in [0.25, 0.3) is 0 Å². The Morgan fingerprint density at radius 3 is 2.20 bits per heavy atom. The monoisotopic (exact) mass is 488 g/mol. The maximum Gasteiger partial charge on any atom is 0.408 e. The molecule has 0 aromatic heterocycles. The van der Waals surface area contributed by atoms with Crippen LogP contribution < -0.4 is 16.4 Å². The molecular formula is C26H40N4O5. The van der Waals surface area contributed by atoms with Gasteiger partial charge in [-0.05, 0) is 73.3 Å². The number of alkyl carbamates (subject to hydrolysis) is 1. The Morgan fingerprint density at radius 2 is 1.74 bits per heavy atom. The quantitative estimate of drug-likeness (QED) is 0.517. The molecule has 1 aliphatic carbocycles. The van der Waals surface area contributed by atoms with Gasteiger partial charge in [0.15, 0.2) is 0 Å². The van der Waals surface area contributed by atoms with Gasteiger partial charge < -0.3 is 26.0 Å². The Hall–Kier alpha value is -3.10. The van der Waals surface area contributed by atoms with E-state index in [9.17, 15) is 19.2 Å². The van der Waals surface area contributed by atoms with Crippen LogP contribution >= 0.6 is 0 Å². The van der Waals surface area contributed by atoms with Crippen molar-refractivity contribution < 1.29 is 23.9 Å². The molecule has 1 aromatic carbocycles. The lowest BCUT2D eigenvalue weighted by Gasteiger charge is -2.44. The number of hydrogen-bond acceptors (Lipinski definition) is 5. The number of aryl methyl sites for hydroxylation is 1. The Bertz CT molecular complexity index is 944. The SMILES string of the molecule is Cc1cccc(C(C(=O)NC(C)(C)C)N(C(=O)C(CC(N)=O)NC(=O)OC(C)(C)C)C2CCC2)c1. The van der Waals surface area contributed by atoms with E-state index in [-0.39, 0.29) is 11.9 Å². The fourth-order valence-electron chi connectivity index (χ4n) is 3.93. The Balaban J connectivity index is 2.51. The number of ether oxygens (including phenoxy) is 1. The third-order valence-electron chi connectivity index (χ3n) is 5.50. The summed E-state index contributed by atoms with van der Waals surface area (Å²) in [6, 6.07) is 5.01. The summed E-state index contributed by atoms with van der Waals surface area (Å²) >= 11 is 0. The molecule has 0 saturated heterocycles. The highest BCUT2D eigenvalue weighted by Crippen LogP contribution is 2.34. The van der Waals surface area contributed by atoms with E-state index in [0.717, 1.165) is 12.0 Å². The number of rotatable bonds is 8. The predicted octanol–water partition coefficient (Wildman–Crippen LogP) is 3.10. The van der Waals surface area contributed by atoms with Gasteiger partial charge >= 0.3 is 6.09 Å². The molecule has 0 bridgehead atoms. The number of carbonyl (C=O) groups excluding carboxylic acids is 4. The molecule has 1 aliphatic rings. The Labute approximate surface area is 208 Å². The smallest absolute Gasteiger partial charge is 0.408 e. The summed E-state index contributed by atoms with van der Waals surface area (Å²) in [5, 5.41) is 5.50. The topological polar surface area (TPSA) is 131 Å². The van der Waals surface area contributed by atoms with Gasteiger partial charge in [0.25, 0.3) is 0 Å². The van der Waals surface area contributed by atoms with Crippen LogP contribution in [-0.2, 0) is 19.1 Å². The van der Waals surface area contributed by atoms with Crippen LogP contribution in [-0.4, -0.2) is 51.9 Å². The molecule has 2 atom stereocenters. The van der Waals surface area contributed by atoms with Crippen molar-refractivity contribution in [2.75, 3.05) is 0 Å². The van der Waals surface area contributed by atoms with Crippen molar-refractivity contribution in [1.29, 1.82) is 0 Å². The first-order valence-electron chi connectivity index (χ1n) is 12.1. The van der Waals surface area contributed by atoms with E-state index in [1.807, 2.05) is 52.0 Å². The van der Waals surface area contributed by atoms with E-state index >= 15 is 0 Å². The summed E-state index contributed by atoms with van der Waals surface area (Å²) in [5.74, 6) is -1.63. The number of nitrogens with zero attached hydrogens (tertiary/aromatic N) is 1. The number of amides is 4. The standard InChI is InChI=1S/C26H40N4O5/c1-16-10-8-11-17(14-16)21(22(32)29-25(2,3)4)30(18-12-9-13-18)23(33)19(15-20(27)31)28-24(34)35-26(5,6)7/h8,10-11,14,18-19,21H,9,12-13,15H2,1-7H3,(H2,27,31)(H,28,34)(H,29,32). The molecule has 1 aromatic rings. The van der Waals surface area contributed by atoms with Crippen LogP contribution in [0.2, 0.25) is 0 Å². The molecule has 1 fully saturated rings. The lowest BCUT2D eigenvalue weighted by Crippen LogP contribution is -2.59. The molecule has 2 rings (SSSR count). The summed E-state index contributed by atoms with van der Waals surface area (Å²) in [4.78, 5) is 53.4. The zero-order chi connectivity index (χ0) is 26.6. The molecular weight excluding hydrogens is 448 g/mol. The van der Waals surface area contributed by atoms with E-state index in [1.54, 1.807) is 20.8 Å². The molecule has 0 radical (unpaired) electrons. The van der Waals surface area contributed by atoms with Gasteiger partial charge in [-0.15, -0.1) is 0 Å². The van der Waals surface area contributed by atoms with Crippen LogP contribution in [0, 0.1) is 6.92 Å². The fourth-order valence-corrected chi connectivity index (χ4v) is 3.93. The molecule has 1 saturated carbocycles. The summed E-state index contributed by atoms with van der Waals surface area (Å²) in [6.07, 6.45) is 1.09. The number of nitrogens with one attached hydrogen (secondary N) is 2. The van der Waals surface area contributed by atoms with Crippen molar-refractivity contribution in [3.05, 3.63) is 35.4 Å². The summed E-state index contributed by atoms with van der Waals surface area (Å²) in [6.45, 7) is 12.6. The van der Waals surface area contributed by atoms with E-state index in [1.165, 1.54) is 4.90 Å². The van der Waals surface area contributed by atoms with E-state index in [2.05, 4.69) is 10.6 Å². The molecule has 0 aliphatic heterocycles. The van der Waals surface area contributed by atoms with E-state index in [0.29, 0.717) is 18.4 Å². The Kier molecular flexibility index (Phi) is 8.92. The van der Waals surface area contributed by atoms with Gasteiger partial charge in [-0.3, -0.25) is 14.4 Å². The first-order chi connectivity index (χ1) is 16.1. The maximum atomic E-state index is 14.0. The van der Waals surface area contributed by atoms with Gasteiger partial charge in [-0.2, -0.15) is 0 Å². The molecule has 0 spiro atoms. The predicted molar refractivity (Wildman–Crippen MR) is 133 cm³/mol. The largest absolute Gasteiger partial charge is 0.444 e. The minimum Gasteiger partial charge on any atom is -0.444 e. The third kappa shape index (κ3) is 8.56. The number of carbonyl (C=O) groups is 4. The molecule has 4 amide bonds. The molecule has 9 heteroatoms. The van der Waals surface area contributed by atoms with Crippen molar-refractivity contribution in [2.24, 2.45) is 5.73 Å². The number of primary amides is 1. The van der Waals surface area contributed by atoms with Gasteiger partial charge in [0.1, 0.15) is 17.7 Å². The number of benzene rings is 1. The lowest BCUT2D eigenvalue weighted by atomic mass is 9.87. The maximum absolute atomic E-state index is 14.0. The van der Waals surface area contributed by atoms with Crippen molar-refractivity contribution in [3.8, 4) is 0 Å². The molecule has 0 heterocycles. The minimum absolute atomic E-state index is 0.213. The van der Waals surface area contributed by atoms with Gasteiger partial charge in [0.2, 0.25) is 17.7 Å². The zero-order valence-electron chi connectivity index (χ0n) is 21.9. The van der Waals surface area contributed by atoms with Crippen molar-refractivity contribution >= 4 is 23.8 Å². The average molecular weight is 489 g/mol. The molecule has 194 valence electrons. The number of nitrogens with two attached hydrogens (primary N) is 1. The van der Waals surface area contributed by atoms with Crippen molar-refractivity contribution in [1.82, 2.24) is 15.5 Å². The van der Waals surface area contributed by atoms with Gasteiger partial charge in [0, 0.05) is 11.6 Å². The molecule has 9 nitrogen and oxygen atoms in total. The Morgan fingerprint density at radius 1 is 1.11 bits per heavy atom. The highest BCUT2D eigenvalue weighted by Gasteiger charge is 2.43. The zero-order valence-corrected chi connectivity index (χ0v) is 21.9. The second-order valence-corrected chi connectivity index (χ2v) is 11.3. The normalized spacial score (nSPS) is 15.9. The average Bonchev–Trinajstić information content (AvgIpc) is 2.61.